The Balaban J connectivity index is 1.78. The molecule has 0 saturated carbocycles. The van der Waals surface area contributed by atoms with Crippen LogP contribution >= 0.6 is 0 Å². The van der Waals surface area contributed by atoms with Crippen LogP contribution in [0.25, 0.3) is 5.69 Å². The maximum atomic E-state index is 12.5. The van der Waals surface area contributed by atoms with Crippen LogP contribution in [0.5, 0.6) is 5.75 Å². The molecule has 1 N–H and O–H groups in total. The summed E-state index contributed by atoms with van der Waals surface area (Å²) in [6.07, 6.45) is -1.66. The van der Waals surface area contributed by atoms with Crippen LogP contribution in [-0.4, -0.2) is 51.5 Å². The van der Waals surface area contributed by atoms with Crippen molar-refractivity contribution < 1.29 is 23.0 Å². The van der Waals surface area contributed by atoms with Crippen LogP contribution in [0.15, 0.2) is 60.9 Å². The van der Waals surface area contributed by atoms with Crippen molar-refractivity contribution in [3.63, 3.8) is 0 Å². The molecule has 0 amide bonds. The molecular weight excluding hydrogens is 397 g/mol. The van der Waals surface area contributed by atoms with Gasteiger partial charge in [-0.15, -0.1) is 13.2 Å². The topological polar surface area (TPSA) is 63.4 Å². The number of halogens is 3. The Labute approximate surface area is 171 Å². The maximum Gasteiger partial charge on any atom is 0.573 e. The lowest BCUT2D eigenvalue weighted by molar-refractivity contribution is -0.274. The lowest BCUT2D eigenvalue weighted by atomic mass is 9.62. The average Bonchev–Trinajstić information content (AvgIpc) is 3.20. The number of benzene rings is 2. The molecule has 0 radical (unpaired) electrons. The highest BCUT2D eigenvalue weighted by Gasteiger charge is 2.55. The third-order valence-electron chi connectivity index (χ3n) is 5.53. The van der Waals surface area contributed by atoms with Gasteiger partial charge < -0.3 is 14.7 Å². The maximum absolute atomic E-state index is 12.5. The van der Waals surface area contributed by atoms with E-state index in [0.29, 0.717) is 29.9 Å². The summed E-state index contributed by atoms with van der Waals surface area (Å²) in [4.78, 5) is 3.52. The highest BCUT2D eigenvalue weighted by Crippen LogP contribution is 2.50. The van der Waals surface area contributed by atoms with Gasteiger partial charge in [0.1, 0.15) is 11.4 Å². The number of ether oxygens (including phenoxy) is 1. The van der Waals surface area contributed by atoms with Gasteiger partial charge >= 0.3 is 6.36 Å². The molecule has 30 heavy (non-hydrogen) atoms. The molecular formula is C21H21F3N4O2. The van der Waals surface area contributed by atoms with Gasteiger partial charge in [-0.25, -0.2) is 0 Å². The molecule has 0 bridgehead atoms. The Morgan fingerprint density at radius 3 is 2.20 bits per heavy atom. The van der Waals surface area contributed by atoms with E-state index in [2.05, 4.69) is 19.8 Å². The molecule has 158 valence electrons. The summed E-state index contributed by atoms with van der Waals surface area (Å²) >= 11 is 0. The summed E-state index contributed by atoms with van der Waals surface area (Å²) in [5, 5.41) is 20.3. The molecule has 9 heteroatoms. The van der Waals surface area contributed by atoms with Gasteiger partial charge in [-0.1, -0.05) is 31.2 Å². The van der Waals surface area contributed by atoms with Crippen LogP contribution in [0, 0.1) is 5.41 Å². The van der Waals surface area contributed by atoms with Gasteiger partial charge in [-0.3, -0.25) is 0 Å². The first-order valence-electron chi connectivity index (χ1n) is 9.35. The van der Waals surface area contributed by atoms with Crippen molar-refractivity contribution in [2.24, 2.45) is 5.41 Å². The van der Waals surface area contributed by atoms with Gasteiger partial charge in [0.05, 0.1) is 18.1 Å². The van der Waals surface area contributed by atoms with E-state index in [-0.39, 0.29) is 5.75 Å². The van der Waals surface area contributed by atoms with Crippen LogP contribution in [0.3, 0.4) is 0 Å². The number of alkyl halides is 3. The summed E-state index contributed by atoms with van der Waals surface area (Å²) in [7, 11) is 1.95. The SMILES string of the molecule is CN1CC(C)([C@](O)(c2ccc(OC(F)(F)F)cc2)c2cccc(-n3nccn3)c2)C1. The van der Waals surface area contributed by atoms with Crippen LogP contribution < -0.4 is 4.74 Å². The number of likely N-dealkylation sites (tertiary alicyclic amines) is 1. The Kier molecular flexibility index (Phi) is 4.82. The van der Waals surface area contributed by atoms with Crippen molar-refractivity contribution in [3.8, 4) is 11.4 Å². The fraction of sp³-hybridized carbons (Fsp3) is 0.333. The second-order valence-electron chi connectivity index (χ2n) is 7.88. The number of hydrogen-bond donors (Lipinski definition) is 1. The molecule has 2 aromatic carbocycles. The van der Waals surface area contributed by atoms with Crippen molar-refractivity contribution in [3.05, 3.63) is 72.1 Å². The zero-order chi connectivity index (χ0) is 21.6. The molecule has 1 fully saturated rings. The highest BCUT2D eigenvalue weighted by atomic mass is 19.4. The summed E-state index contributed by atoms with van der Waals surface area (Å²) in [6.45, 7) is 3.20. The zero-order valence-corrected chi connectivity index (χ0v) is 16.5. The first-order chi connectivity index (χ1) is 14.1. The molecule has 0 spiro atoms. The summed E-state index contributed by atoms with van der Waals surface area (Å²) in [6, 6.07) is 12.6. The Hall–Kier alpha value is -2.91. The van der Waals surface area contributed by atoms with E-state index in [0.717, 1.165) is 0 Å². The van der Waals surface area contributed by atoms with Crippen molar-refractivity contribution in [2.75, 3.05) is 20.1 Å². The zero-order valence-electron chi connectivity index (χ0n) is 16.5. The van der Waals surface area contributed by atoms with Crippen LogP contribution in [0.1, 0.15) is 18.1 Å². The van der Waals surface area contributed by atoms with Gasteiger partial charge in [0, 0.05) is 18.5 Å². The fourth-order valence-electron chi connectivity index (χ4n) is 4.34. The smallest absolute Gasteiger partial charge is 0.406 e. The van der Waals surface area contributed by atoms with E-state index in [1.54, 1.807) is 30.6 Å². The second-order valence-corrected chi connectivity index (χ2v) is 7.88. The monoisotopic (exact) mass is 418 g/mol. The summed E-state index contributed by atoms with van der Waals surface area (Å²) in [5.41, 5.74) is -0.233. The third kappa shape index (κ3) is 3.54. The van der Waals surface area contributed by atoms with E-state index < -0.39 is 17.4 Å². The van der Waals surface area contributed by atoms with Crippen molar-refractivity contribution in [1.82, 2.24) is 19.9 Å². The molecule has 0 aliphatic carbocycles. The van der Waals surface area contributed by atoms with E-state index in [4.69, 9.17) is 0 Å². The first kappa shape index (κ1) is 20.4. The number of hydrogen-bond acceptors (Lipinski definition) is 5. The molecule has 1 atom stereocenters. The molecule has 3 aromatic rings. The molecule has 1 aliphatic rings. The molecule has 4 rings (SSSR count). The van der Waals surface area contributed by atoms with E-state index in [1.165, 1.54) is 29.1 Å². The van der Waals surface area contributed by atoms with E-state index in [1.807, 2.05) is 20.0 Å². The van der Waals surface area contributed by atoms with Gasteiger partial charge in [0.25, 0.3) is 0 Å². The van der Waals surface area contributed by atoms with Crippen molar-refractivity contribution in [1.29, 1.82) is 0 Å². The van der Waals surface area contributed by atoms with E-state index in [9.17, 15) is 18.3 Å². The minimum atomic E-state index is -4.77. The predicted molar refractivity (Wildman–Crippen MR) is 103 cm³/mol. The molecule has 1 aliphatic heterocycles. The Bertz CT molecular complexity index is 1020. The summed E-state index contributed by atoms with van der Waals surface area (Å²) < 4.78 is 41.5. The molecule has 6 nitrogen and oxygen atoms in total. The lowest BCUT2D eigenvalue weighted by Crippen LogP contribution is -2.63. The quantitative estimate of drug-likeness (QED) is 0.689. The second kappa shape index (κ2) is 7.10. The van der Waals surface area contributed by atoms with Crippen LogP contribution in [0.2, 0.25) is 0 Å². The fourth-order valence-corrected chi connectivity index (χ4v) is 4.34. The number of rotatable bonds is 5. The molecule has 0 unspecified atom stereocenters. The molecule has 2 heterocycles. The van der Waals surface area contributed by atoms with Crippen LogP contribution in [0.4, 0.5) is 13.2 Å². The molecule has 1 saturated heterocycles. The van der Waals surface area contributed by atoms with Crippen molar-refractivity contribution in [2.45, 2.75) is 18.9 Å². The Morgan fingerprint density at radius 1 is 1.00 bits per heavy atom. The number of aromatic nitrogens is 3. The van der Waals surface area contributed by atoms with Gasteiger partial charge in [0.2, 0.25) is 0 Å². The largest absolute Gasteiger partial charge is 0.573 e. The lowest BCUT2D eigenvalue weighted by Gasteiger charge is -2.56. The van der Waals surface area contributed by atoms with Gasteiger partial charge in [0.15, 0.2) is 0 Å². The minimum absolute atomic E-state index is 0.334. The third-order valence-corrected chi connectivity index (χ3v) is 5.53. The highest BCUT2D eigenvalue weighted by molar-refractivity contribution is 5.46. The average molecular weight is 418 g/mol. The van der Waals surface area contributed by atoms with E-state index >= 15 is 0 Å². The van der Waals surface area contributed by atoms with Gasteiger partial charge in [-0.2, -0.15) is 15.0 Å². The molecule has 1 aromatic heterocycles. The van der Waals surface area contributed by atoms with Crippen LogP contribution in [-0.2, 0) is 5.60 Å². The van der Waals surface area contributed by atoms with Gasteiger partial charge in [-0.05, 0) is 42.4 Å². The normalized spacial score (nSPS) is 18.5. The number of aliphatic hydroxyl groups is 1. The number of nitrogens with zero attached hydrogens (tertiary/aromatic N) is 4. The Morgan fingerprint density at radius 2 is 1.63 bits per heavy atom. The summed E-state index contributed by atoms with van der Waals surface area (Å²) in [5.74, 6) is -0.334. The van der Waals surface area contributed by atoms with Crippen molar-refractivity contribution >= 4 is 0 Å². The first-order valence-corrected chi connectivity index (χ1v) is 9.35. The predicted octanol–water partition coefficient (Wildman–Crippen LogP) is 3.35. The minimum Gasteiger partial charge on any atom is -0.406 e. The standard InChI is InChI=1S/C21H21F3N4O2/c1-19(13-27(2)14-19)20(29,15-6-8-18(9-7-15)30-21(22,23)24)16-4-3-5-17(12-16)28-25-10-11-26-28/h3-12,29H,13-14H2,1-2H3/t20-/m0/s1.